The summed E-state index contributed by atoms with van der Waals surface area (Å²) < 4.78 is 0. The van der Waals surface area contributed by atoms with Crippen LogP contribution in [0.3, 0.4) is 0 Å². The van der Waals surface area contributed by atoms with Gasteiger partial charge in [0.2, 0.25) is 0 Å². The highest BCUT2D eigenvalue weighted by Crippen LogP contribution is 2.25. The Labute approximate surface area is 109 Å². The van der Waals surface area contributed by atoms with E-state index in [9.17, 15) is 0 Å². The van der Waals surface area contributed by atoms with Crippen molar-refractivity contribution in [1.82, 2.24) is 0 Å². The molecule has 0 saturated heterocycles. The molecule has 2 N–H and O–H groups in total. The fraction of sp³-hybridized carbons (Fsp3) is 0.533. The molecule has 1 aromatic rings. The Kier molecular flexibility index (Phi) is 4.22. The quantitative estimate of drug-likeness (QED) is 0.812. The van der Waals surface area contributed by atoms with Crippen molar-refractivity contribution in [3.05, 3.63) is 29.8 Å². The first-order chi connectivity index (χ1) is 8.72. The van der Waals surface area contributed by atoms with Crippen molar-refractivity contribution in [3.8, 4) is 6.07 Å². The summed E-state index contributed by atoms with van der Waals surface area (Å²) >= 11 is 0. The third-order valence-corrected chi connectivity index (χ3v) is 3.93. The molecule has 96 valence electrons. The van der Waals surface area contributed by atoms with Crippen LogP contribution in [0.25, 0.3) is 0 Å². The number of nitrogens with zero attached hydrogens (tertiary/aromatic N) is 2. The Balaban J connectivity index is 2.13. The van der Waals surface area contributed by atoms with E-state index >= 15 is 0 Å². The molecule has 0 radical (unpaired) electrons. The Bertz CT molecular complexity index is 418. The van der Waals surface area contributed by atoms with Gasteiger partial charge < -0.3 is 10.6 Å². The van der Waals surface area contributed by atoms with Crippen molar-refractivity contribution in [2.45, 2.75) is 44.2 Å². The van der Waals surface area contributed by atoms with Crippen LogP contribution < -0.4 is 10.6 Å². The van der Waals surface area contributed by atoms with E-state index in [1.165, 1.54) is 19.3 Å². The zero-order chi connectivity index (χ0) is 13.0. The van der Waals surface area contributed by atoms with Gasteiger partial charge in [-0.15, -0.1) is 0 Å². The van der Waals surface area contributed by atoms with Crippen molar-refractivity contribution in [2.24, 2.45) is 5.73 Å². The summed E-state index contributed by atoms with van der Waals surface area (Å²) in [7, 11) is 2.11. The smallest absolute Gasteiger partial charge is 0.0991 e. The summed E-state index contributed by atoms with van der Waals surface area (Å²) in [6, 6.07) is 10.6. The molecule has 1 aromatic carbocycles. The molecule has 3 nitrogen and oxygen atoms in total. The van der Waals surface area contributed by atoms with E-state index in [1.54, 1.807) is 0 Å². The van der Waals surface area contributed by atoms with Crippen LogP contribution in [0.1, 0.15) is 37.7 Å². The van der Waals surface area contributed by atoms with Crippen molar-refractivity contribution in [1.29, 1.82) is 5.26 Å². The fourth-order valence-corrected chi connectivity index (χ4v) is 2.76. The Hall–Kier alpha value is -1.53. The monoisotopic (exact) mass is 243 g/mol. The van der Waals surface area contributed by atoms with Crippen molar-refractivity contribution in [3.63, 3.8) is 0 Å². The van der Waals surface area contributed by atoms with E-state index in [-0.39, 0.29) is 6.04 Å². The van der Waals surface area contributed by atoms with E-state index in [0.29, 0.717) is 11.6 Å². The molecule has 3 heteroatoms. The van der Waals surface area contributed by atoms with E-state index in [1.807, 2.05) is 24.3 Å². The van der Waals surface area contributed by atoms with Gasteiger partial charge in [-0.1, -0.05) is 19.3 Å². The molecule has 0 bridgehead atoms. The molecule has 2 unspecified atom stereocenters. The summed E-state index contributed by atoms with van der Waals surface area (Å²) in [6.07, 6.45) is 6.09. The van der Waals surface area contributed by atoms with Crippen LogP contribution in [0.2, 0.25) is 0 Å². The second kappa shape index (κ2) is 5.88. The zero-order valence-electron chi connectivity index (χ0n) is 11.0. The normalized spacial score (nSPS) is 24.1. The van der Waals surface area contributed by atoms with E-state index in [2.05, 4.69) is 18.0 Å². The molecule has 0 spiro atoms. The molecule has 1 fully saturated rings. The summed E-state index contributed by atoms with van der Waals surface area (Å²) in [4.78, 5) is 2.27. The van der Waals surface area contributed by atoms with Crippen molar-refractivity contribution < 1.29 is 0 Å². The second-order valence-corrected chi connectivity index (χ2v) is 5.14. The summed E-state index contributed by atoms with van der Waals surface area (Å²) in [5.41, 5.74) is 8.13. The minimum atomic E-state index is 0.258. The topological polar surface area (TPSA) is 53.0 Å². The highest BCUT2D eigenvalue weighted by molar-refractivity contribution is 5.50. The van der Waals surface area contributed by atoms with Gasteiger partial charge in [0, 0.05) is 24.8 Å². The van der Waals surface area contributed by atoms with Crippen LogP contribution in [0.5, 0.6) is 0 Å². The lowest BCUT2D eigenvalue weighted by atomic mass is 10.0. The van der Waals surface area contributed by atoms with Crippen LogP contribution in [-0.4, -0.2) is 19.1 Å². The predicted octanol–water partition coefficient (Wildman–Crippen LogP) is 2.65. The molecule has 1 aliphatic rings. The average molecular weight is 243 g/mol. The van der Waals surface area contributed by atoms with Crippen molar-refractivity contribution in [2.75, 3.05) is 11.9 Å². The Morgan fingerprint density at radius 1 is 1.17 bits per heavy atom. The van der Waals surface area contributed by atoms with Crippen LogP contribution in [0.4, 0.5) is 5.69 Å². The number of anilines is 1. The lowest BCUT2D eigenvalue weighted by Gasteiger charge is -2.33. The van der Waals surface area contributed by atoms with Crippen LogP contribution in [0.15, 0.2) is 24.3 Å². The van der Waals surface area contributed by atoms with E-state index < -0.39 is 0 Å². The number of hydrogen-bond donors (Lipinski definition) is 1. The molecule has 0 heterocycles. The summed E-state index contributed by atoms with van der Waals surface area (Å²) in [5, 5.41) is 8.81. The average Bonchev–Trinajstić information content (AvgIpc) is 2.63. The number of benzene rings is 1. The highest BCUT2D eigenvalue weighted by atomic mass is 15.2. The van der Waals surface area contributed by atoms with Gasteiger partial charge in [0.05, 0.1) is 11.6 Å². The third kappa shape index (κ3) is 2.83. The lowest BCUT2D eigenvalue weighted by Crippen LogP contribution is -2.45. The maximum Gasteiger partial charge on any atom is 0.0991 e. The number of hydrogen-bond acceptors (Lipinski definition) is 3. The highest BCUT2D eigenvalue weighted by Gasteiger charge is 2.24. The Morgan fingerprint density at radius 3 is 2.50 bits per heavy atom. The molecule has 0 amide bonds. The van der Waals surface area contributed by atoms with Gasteiger partial charge in [-0.05, 0) is 37.1 Å². The Morgan fingerprint density at radius 2 is 1.83 bits per heavy atom. The van der Waals surface area contributed by atoms with Gasteiger partial charge in [0.1, 0.15) is 0 Å². The van der Waals surface area contributed by atoms with E-state index in [4.69, 9.17) is 11.0 Å². The molecule has 1 aliphatic carbocycles. The zero-order valence-corrected chi connectivity index (χ0v) is 11.0. The molecule has 1 saturated carbocycles. The molecular weight excluding hydrogens is 222 g/mol. The van der Waals surface area contributed by atoms with Gasteiger partial charge in [-0.3, -0.25) is 0 Å². The minimum absolute atomic E-state index is 0.258. The molecule has 18 heavy (non-hydrogen) atoms. The predicted molar refractivity (Wildman–Crippen MR) is 74.4 cm³/mol. The van der Waals surface area contributed by atoms with E-state index in [0.717, 1.165) is 18.5 Å². The number of rotatable bonds is 2. The molecule has 0 aromatic heterocycles. The first-order valence-corrected chi connectivity index (χ1v) is 6.71. The SMILES string of the molecule is CN(c1ccc(C#N)cc1)C1CCCCCC1N. The van der Waals surface area contributed by atoms with Gasteiger partial charge in [-0.2, -0.15) is 5.26 Å². The maximum absolute atomic E-state index is 8.81. The fourth-order valence-electron chi connectivity index (χ4n) is 2.76. The first-order valence-electron chi connectivity index (χ1n) is 6.71. The van der Waals surface area contributed by atoms with Crippen LogP contribution >= 0.6 is 0 Å². The number of likely N-dealkylation sites (N-methyl/N-ethyl adjacent to an activating group) is 1. The van der Waals surface area contributed by atoms with Gasteiger partial charge in [0.25, 0.3) is 0 Å². The largest absolute Gasteiger partial charge is 0.370 e. The van der Waals surface area contributed by atoms with Gasteiger partial charge in [-0.25, -0.2) is 0 Å². The standard InChI is InChI=1S/C15H21N3/c1-18(13-9-7-12(11-16)8-10-13)15-6-4-2-3-5-14(15)17/h7-10,14-15H,2-6,17H2,1H3. The van der Waals surface area contributed by atoms with Crippen LogP contribution in [-0.2, 0) is 0 Å². The number of nitrogens with two attached hydrogens (primary N) is 1. The van der Waals surface area contributed by atoms with Crippen LogP contribution in [0, 0.1) is 11.3 Å². The van der Waals surface area contributed by atoms with Gasteiger partial charge >= 0.3 is 0 Å². The number of nitriles is 1. The second-order valence-electron chi connectivity index (χ2n) is 5.14. The molecule has 2 rings (SSSR count). The molecule has 0 aliphatic heterocycles. The van der Waals surface area contributed by atoms with Crippen molar-refractivity contribution >= 4 is 5.69 Å². The summed E-state index contributed by atoms with van der Waals surface area (Å²) in [5.74, 6) is 0. The van der Waals surface area contributed by atoms with Gasteiger partial charge in [0.15, 0.2) is 0 Å². The third-order valence-electron chi connectivity index (χ3n) is 3.93. The molecule has 2 atom stereocenters. The molecular formula is C15H21N3. The minimum Gasteiger partial charge on any atom is -0.370 e. The lowest BCUT2D eigenvalue weighted by molar-refractivity contribution is 0.480. The summed E-state index contributed by atoms with van der Waals surface area (Å²) in [6.45, 7) is 0. The first kappa shape index (κ1) is 12.9. The maximum atomic E-state index is 8.81.